The largest absolute Gasteiger partial charge is 0.411 e. The molecular formula is C19H24F3N3O2. The number of nitrogens with zero attached hydrogens (tertiary/aromatic N) is 2. The van der Waals surface area contributed by atoms with E-state index in [9.17, 15) is 18.0 Å². The van der Waals surface area contributed by atoms with Crippen molar-refractivity contribution in [3.05, 3.63) is 52.3 Å². The Kier molecular flexibility index (Phi) is 7.01. The van der Waals surface area contributed by atoms with Gasteiger partial charge in [0, 0.05) is 25.7 Å². The second kappa shape index (κ2) is 9.03. The van der Waals surface area contributed by atoms with Crippen LogP contribution < -0.4 is 5.32 Å². The highest BCUT2D eigenvalue weighted by atomic mass is 19.4. The van der Waals surface area contributed by atoms with Crippen molar-refractivity contribution in [3.63, 3.8) is 0 Å². The minimum Gasteiger partial charge on any atom is -0.367 e. The normalized spacial score (nSPS) is 11.6. The lowest BCUT2D eigenvalue weighted by Crippen LogP contribution is -2.23. The van der Waals surface area contributed by atoms with Gasteiger partial charge in [0.25, 0.3) is 0 Å². The van der Waals surface area contributed by atoms with E-state index in [0.29, 0.717) is 24.9 Å². The molecule has 0 aliphatic rings. The maximum Gasteiger partial charge on any atom is 0.411 e. The highest BCUT2D eigenvalue weighted by Gasteiger charge is 2.27. The molecule has 8 heteroatoms. The van der Waals surface area contributed by atoms with Gasteiger partial charge in [-0.05, 0) is 37.0 Å². The van der Waals surface area contributed by atoms with Gasteiger partial charge < -0.3 is 10.1 Å². The molecule has 0 atom stereocenters. The fourth-order valence-corrected chi connectivity index (χ4v) is 2.74. The fraction of sp³-hybridized carbons (Fsp3) is 0.474. The summed E-state index contributed by atoms with van der Waals surface area (Å²) in [6, 6.07) is 6.92. The third-order valence-corrected chi connectivity index (χ3v) is 4.31. The van der Waals surface area contributed by atoms with E-state index in [1.807, 2.05) is 25.6 Å². The highest BCUT2D eigenvalue weighted by Crippen LogP contribution is 2.16. The van der Waals surface area contributed by atoms with Crippen LogP contribution in [-0.2, 0) is 36.2 Å². The Hall–Kier alpha value is -2.35. The smallest absolute Gasteiger partial charge is 0.367 e. The lowest BCUT2D eigenvalue weighted by molar-refractivity contribution is -0.176. The van der Waals surface area contributed by atoms with E-state index in [1.54, 1.807) is 24.3 Å². The highest BCUT2D eigenvalue weighted by molar-refractivity contribution is 5.76. The van der Waals surface area contributed by atoms with Crippen LogP contribution >= 0.6 is 0 Å². The van der Waals surface area contributed by atoms with Gasteiger partial charge in [0.2, 0.25) is 5.91 Å². The number of halogens is 3. The van der Waals surface area contributed by atoms with Crippen molar-refractivity contribution in [2.24, 2.45) is 7.05 Å². The number of hydrogen-bond acceptors (Lipinski definition) is 3. The van der Waals surface area contributed by atoms with Gasteiger partial charge in [-0.3, -0.25) is 9.48 Å². The Balaban J connectivity index is 1.75. The van der Waals surface area contributed by atoms with Gasteiger partial charge >= 0.3 is 6.18 Å². The molecule has 0 saturated heterocycles. The van der Waals surface area contributed by atoms with Crippen LogP contribution in [-0.4, -0.2) is 28.5 Å². The molecule has 1 heterocycles. The summed E-state index contributed by atoms with van der Waals surface area (Å²) in [6.07, 6.45) is -3.32. The van der Waals surface area contributed by atoms with Gasteiger partial charge in [-0.25, -0.2) is 0 Å². The minimum absolute atomic E-state index is 0.0600. The van der Waals surface area contributed by atoms with E-state index < -0.39 is 12.8 Å². The molecule has 0 fully saturated rings. The Morgan fingerprint density at radius 3 is 2.37 bits per heavy atom. The number of benzene rings is 1. The van der Waals surface area contributed by atoms with E-state index in [2.05, 4.69) is 15.2 Å². The Morgan fingerprint density at radius 1 is 1.19 bits per heavy atom. The van der Waals surface area contributed by atoms with Crippen molar-refractivity contribution >= 4 is 5.91 Å². The molecular weight excluding hydrogens is 359 g/mol. The van der Waals surface area contributed by atoms with Crippen LogP contribution in [0.1, 0.15) is 34.5 Å². The molecule has 2 rings (SSSR count). The second-order valence-corrected chi connectivity index (χ2v) is 6.47. The Bertz CT molecular complexity index is 768. The van der Waals surface area contributed by atoms with Gasteiger partial charge in [0.05, 0.1) is 12.3 Å². The summed E-state index contributed by atoms with van der Waals surface area (Å²) >= 11 is 0. The molecule has 0 bridgehead atoms. The number of aromatic nitrogens is 2. The molecule has 27 heavy (non-hydrogen) atoms. The molecule has 5 nitrogen and oxygen atoms in total. The standard InChI is InChI=1S/C19H24F3N3O2/c1-13-17(14(2)25(3)24-13)8-9-18(26)23-10-15-4-6-16(7-5-15)11-27-12-19(20,21)22/h4-7H,8-12H2,1-3H3,(H,23,26). The fourth-order valence-electron chi connectivity index (χ4n) is 2.74. The summed E-state index contributed by atoms with van der Waals surface area (Å²) in [7, 11) is 1.88. The maximum absolute atomic E-state index is 12.1. The number of carbonyl (C=O) groups excluding carboxylic acids is 1. The van der Waals surface area contributed by atoms with Crippen LogP contribution in [0.25, 0.3) is 0 Å². The quantitative estimate of drug-likeness (QED) is 0.761. The molecule has 0 aliphatic carbocycles. The lowest BCUT2D eigenvalue weighted by Gasteiger charge is -2.09. The first-order valence-corrected chi connectivity index (χ1v) is 8.64. The third-order valence-electron chi connectivity index (χ3n) is 4.31. The average molecular weight is 383 g/mol. The molecule has 0 unspecified atom stereocenters. The predicted octanol–water partition coefficient (Wildman–Crippen LogP) is 3.36. The zero-order valence-electron chi connectivity index (χ0n) is 15.7. The second-order valence-electron chi connectivity index (χ2n) is 6.47. The van der Waals surface area contributed by atoms with Crippen LogP contribution in [0.4, 0.5) is 13.2 Å². The maximum atomic E-state index is 12.1. The first-order chi connectivity index (χ1) is 12.7. The summed E-state index contributed by atoms with van der Waals surface area (Å²) in [4.78, 5) is 12.1. The topological polar surface area (TPSA) is 56.2 Å². The first kappa shape index (κ1) is 21.0. The van der Waals surface area contributed by atoms with Crippen molar-refractivity contribution in [3.8, 4) is 0 Å². The summed E-state index contributed by atoms with van der Waals surface area (Å²) < 4.78 is 42.6. The average Bonchev–Trinajstić information content (AvgIpc) is 2.83. The Morgan fingerprint density at radius 2 is 1.81 bits per heavy atom. The zero-order chi connectivity index (χ0) is 20.0. The van der Waals surface area contributed by atoms with Crippen LogP contribution in [0, 0.1) is 13.8 Å². The molecule has 2 aromatic rings. The molecule has 148 valence electrons. The van der Waals surface area contributed by atoms with Crippen molar-refractivity contribution in [2.45, 2.75) is 46.0 Å². The van der Waals surface area contributed by atoms with E-state index in [1.165, 1.54) is 0 Å². The van der Waals surface area contributed by atoms with Gasteiger partial charge in [-0.1, -0.05) is 24.3 Å². The number of aryl methyl sites for hydroxylation is 2. The van der Waals surface area contributed by atoms with Gasteiger partial charge in [0.15, 0.2) is 0 Å². The number of ether oxygens (including phenoxy) is 1. The molecule has 0 saturated carbocycles. The number of rotatable bonds is 8. The Labute approximate surface area is 156 Å². The third kappa shape index (κ3) is 6.71. The van der Waals surface area contributed by atoms with E-state index in [4.69, 9.17) is 0 Å². The zero-order valence-corrected chi connectivity index (χ0v) is 15.7. The van der Waals surface area contributed by atoms with E-state index in [0.717, 1.165) is 22.5 Å². The first-order valence-electron chi connectivity index (χ1n) is 8.64. The monoisotopic (exact) mass is 383 g/mol. The summed E-state index contributed by atoms with van der Waals surface area (Å²) in [6.45, 7) is 2.91. The van der Waals surface area contributed by atoms with Crippen LogP contribution in [0.5, 0.6) is 0 Å². The molecule has 1 amide bonds. The van der Waals surface area contributed by atoms with E-state index >= 15 is 0 Å². The SMILES string of the molecule is Cc1nn(C)c(C)c1CCC(=O)NCc1ccc(COCC(F)(F)F)cc1. The van der Waals surface area contributed by atoms with Crippen LogP contribution in [0.2, 0.25) is 0 Å². The predicted molar refractivity (Wildman–Crippen MR) is 95.0 cm³/mol. The lowest BCUT2D eigenvalue weighted by atomic mass is 10.1. The van der Waals surface area contributed by atoms with Crippen molar-refractivity contribution < 1.29 is 22.7 Å². The summed E-state index contributed by atoms with van der Waals surface area (Å²) in [5.41, 5.74) is 4.61. The van der Waals surface area contributed by atoms with Gasteiger partial charge in [-0.15, -0.1) is 0 Å². The number of hydrogen-bond donors (Lipinski definition) is 1. The molecule has 0 aliphatic heterocycles. The number of alkyl halides is 3. The molecule has 0 radical (unpaired) electrons. The summed E-state index contributed by atoms with van der Waals surface area (Å²) in [5, 5.41) is 7.19. The number of amides is 1. The van der Waals surface area contributed by atoms with Crippen LogP contribution in [0.15, 0.2) is 24.3 Å². The van der Waals surface area contributed by atoms with Crippen molar-refractivity contribution in [2.75, 3.05) is 6.61 Å². The van der Waals surface area contributed by atoms with Gasteiger partial charge in [0.1, 0.15) is 6.61 Å². The molecule has 0 spiro atoms. The minimum atomic E-state index is -4.32. The summed E-state index contributed by atoms with van der Waals surface area (Å²) in [5.74, 6) is -0.0600. The number of carbonyl (C=O) groups is 1. The molecule has 1 aromatic carbocycles. The molecule has 1 N–H and O–H groups in total. The van der Waals surface area contributed by atoms with Crippen molar-refractivity contribution in [1.29, 1.82) is 0 Å². The van der Waals surface area contributed by atoms with E-state index in [-0.39, 0.29) is 12.5 Å². The van der Waals surface area contributed by atoms with Crippen molar-refractivity contribution in [1.82, 2.24) is 15.1 Å². The van der Waals surface area contributed by atoms with Crippen LogP contribution in [0.3, 0.4) is 0 Å². The molecule has 1 aromatic heterocycles. The van der Waals surface area contributed by atoms with Gasteiger partial charge in [-0.2, -0.15) is 18.3 Å². The number of nitrogens with one attached hydrogen (secondary N) is 1.